The Bertz CT molecular complexity index is 577. The number of hydrogen-bond donors (Lipinski definition) is 3. The third kappa shape index (κ3) is 6.72. The Morgan fingerprint density at radius 1 is 1.08 bits per heavy atom. The number of nitrogens with one attached hydrogen (secondary N) is 2. The van der Waals surface area contributed by atoms with Crippen LogP contribution in [0.25, 0.3) is 0 Å². The molecule has 1 aromatic rings. The van der Waals surface area contributed by atoms with Gasteiger partial charge in [0.05, 0.1) is 13.1 Å². The van der Waals surface area contributed by atoms with Gasteiger partial charge in [0.1, 0.15) is 6.04 Å². The van der Waals surface area contributed by atoms with Crippen LogP contribution in [0.3, 0.4) is 0 Å². The number of hydrogen-bond acceptors (Lipinski definition) is 4. The van der Waals surface area contributed by atoms with E-state index >= 15 is 0 Å². The average molecular weight is 369 g/mol. The van der Waals surface area contributed by atoms with Crippen molar-refractivity contribution in [1.29, 1.82) is 0 Å². The van der Waals surface area contributed by atoms with Crippen molar-refractivity contribution >= 4 is 30.1 Å². The second-order valence-corrected chi connectivity index (χ2v) is 5.82. The summed E-state index contributed by atoms with van der Waals surface area (Å²) in [6.07, 6.45) is 2.40. The van der Waals surface area contributed by atoms with Gasteiger partial charge in [-0.15, -0.1) is 12.4 Å². The highest BCUT2D eigenvalue weighted by atomic mass is 35.5. The smallest absolute Gasteiger partial charge is 0.245 e. The molecule has 1 aliphatic rings. The van der Waals surface area contributed by atoms with Crippen molar-refractivity contribution in [3.63, 3.8) is 0 Å². The van der Waals surface area contributed by atoms with Crippen molar-refractivity contribution < 1.29 is 14.4 Å². The van der Waals surface area contributed by atoms with Gasteiger partial charge in [0.25, 0.3) is 0 Å². The fourth-order valence-corrected chi connectivity index (χ4v) is 2.70. The van der Waals surface area contributed by atoms with Crippen LogP contribution < -0.4 is 16.4 Å². The molecule has 2 rings (SSSR count). The Morgan fingerprint density at radius 3 is 2.32 bits per heavy atom. The zero-order chi connectivity index (χ0) is 17.4. The Labute approximate surface area is 153 Å². The first-order chi connectivity index (χ1) is 11.6. The molecule has 25 heavy (non-hydrogen) atoms. The van der Waals surface area contributed by atoms with Gasteiger partial charge < -0.3 is 21.3 Å². The molecule has 3 amide bonds. The normalized spacial score (nSPS) is 14.4. The lowest BCUT2D eigenvalue weighted by molar-refractivity contribution is -0.135. The van der Waals surface area contributed by atoms with Gasteiger partial charge in [-0.05, 0) is 18.4 Å². The van der Waals surface area contributed by atoms with E-state index in [0.717, 1.165) is 31.5 Å². The maximum atomic E-state index is 12.7. The number of nitrogens with zero attached hydrogens (tertiary/aromatic N) is 1. The van der Waals surface area contributed by atoms with Gasteiger partial charge in [-0.1, -0.05) is 30.3 Å². The molecule has 0 aromatic heterocycles. The number of halogens is 1. The maximum absolute atomic E-state index is 12.7. The number of carbonyl (C=O) groups excluding carboxylic acids is 3. The highest BCUT2D eigenvalue weighted by Crippen LogP contribution is 2.12. The number of amides is 3. The quantitative estimate of drug-likeness (QED) is 0.621. The van der Waals surface area contributed by atoms with Crippen LogP contribution in [0.4, 0.5) is 0 Å². The first-order valence-corrected chi connectivity index (χ1v) is 8.19. The third-order valence-electron chi connectivity index (χ3n) is 3.97. The zero-order valence-electron chi connectivity index (χ0n) is 14.1. The summed E-state index contributed by atoms with van der Waals surface area (Å²) in [5.74, 6) is -0.879. The van der Waals surface area contributed by atoms with Crippen LogP contribution >= 0.6 is 12.4 Å². The summed E-state index contributed by atoms with van der Waals surface area (Å²) >= 11 is 0. The van der Waals surface area contributed by atoms with Crippen molar-refractivity contribution in [3.8, 4) is 0 Å². The van der Waals surface area contributed by atoms with Gasteiger partial charge in [-0.2, -0.15) is 0 Å². The van der Waals surface area contributed by atoms with E-state index in [4.69, 9.17) is 5.73 Å². The van der Waals surface area contributed by atoms with Crippen molar-refractivity contribution in [1.82, 2.24) is 15.5 Å². The summed E-state index contributed by atoms with van der Waals surface area (Å²) in [5.41, 5.74) is 6.16. The fraction of sp³-hybridized carbons (Fsp3) is 0.471. The van der Waals surface area contributed by atoms with E-state index < -0.39 is 17.9 Å². The van der Waals surface area contributed by atoms with Crippen LogP contribution in [0.2, 0.25) is 0 Å². The Hall–Kier alpha value is -2.12. The lowest BCUT2D eigenvalue weighted by Crippen LogP contribution is -2.51. The molecular weight excluding hydrogens is 344 g/mol. The minimum atomic E-state index is -0.632. The summed E-state index contributed by atoms with van der Waals surface area (Å²) < 4.78 is 0. The van der Waals surface area contributed by atoms with Crippen LogP contribution in [0.15, 0.2) is 30.3 Å². The summed E-state index contributed by atoms with van der Waals surface area (Å²) in [6, 6.07) is 8.92. The van der Waals surface area contributed by atoms with Crippen LogP contribution in [0.5, 0.6) is 0 Å². The molecule has 138 valence electrons. The van der Waals surface area contributed by atoms with Gasteiger partial charge in [0, 0.05) is 19.5 Å². The summed E-state index contributed by atoms with van der Waals surface area (Å²) in [5, 5.41) is 5.14. The largest absolute Gasteiger partial charge is 0.346 e. The second kappa shape index (κ2) is 10.7. The Balaban J connectivity index is 0.00000312. The van der Waals surface area contributed by atoms with Gasteiger partial charge in [-0.25, -0.2) is 0 Å². The van der Waals surface area contributed by atoms with E-state index in [0.29, 0.717) is 6.42 Å². The Morgan fingerprint density at radius 2 is 1.72 bits per heavy atom. The molecule has 0 spiro atoms. The van der Waals surface area contributed by atoms with E-state index in [1.807, 2.05) is 30.3 Å². The monoisotopic (exact) mass is 368 g/mol. The molecule has 8 heteroatoms. The molecule has 1 aliphatic heterocycles. The van der Waals surface area contributed by atoms with Crippen molar-refractivity contribution in [2.24, 2.45) is 5.73 Å². The van der Waals surface area contributed by atoms with E-state index in [1.54, 1.807) is 4.90 Å². The number of carbonyl (C=O) groups is 3. The molecule has 0 aliphatic carbocycles. The third-order valence-corrected chi connectivity index (χ3v) is 3.97. The van der Waals surface area contributed by atoms with Crippen LogP contribution in [0, 0.1) is 0 Å². The molecular formula is C17H25ClN4O3. The molecule has 1 fully saturated rings. The lowest BCUT2D eigenvalue weighted by atomic mass is 10.0. The lowest BCUT2D eigenvalue weighted by Gasteiger charge is -2.24. The molecule has 0 radical (unpaired) electrons. The SMILES string of the molecule is Cl.NCC(=O)NCC(=O)NC(Cc1ccccc1)C(=O)N1CCCC1. The van der Waals surface area contributed by atoms with Gasteiger partial charge in [0.2, 0.25) is 17.7 Å². The standard InChI is InChI=1S/C17H24N4O3.ClH/c18-11-15(22)19-12-16(23)20-14(10-13-6-2-1-3-7-13)17(24)21-8-4-5-9-21;/h1-3,6-7,14H,4-5,8-12,18H2,(H,19,22)(H,20,23);1H. The molecule has 1 unspecified atom stereocenters. The van der Waals surface area contributed by atoms with Gasteiger partial charge >= 0.3 is 0 Å². The average Bonchev–Trinajstić information content (AvgIpc) is 3.14. The van der Waals surface area contributed by atoms with E-state index in [2.05, 4.69) is 10.6 Å². The minimum Gasteiger partial charge on any atom is -0.346 e. The van der Waals surface area contributed by atoms with Gasteiger partial charge in [-0.3, -0.25) is 14.4 Å². The number of benzene rings is 1. The predicted octanol–water partition coefficient (Wildman–Crippen LogP) is -0.167. The summed E-state index contributed by atoms with van der Waals surface area (Å²) in [4.78, 5) is 37.7. The topological polar surface area (TPSA) is 105 Å². The number of nitrogens with two attached hydrogens (primary N) is 1. The first kappa shape index (κ1) is 20.9. The van der Waals surface area contributed by atoms with E-state index in [-0.39, 0.29) is 31.4 Å². The molecule has 0 saturated carbocycles. The highest BCUT2D eigenvalue weighted by Gasteiger charge is 2.27. The van der Waals surface area contributed by atoms with Crippen molar-refractivity contribution in [2.45, 2.75) is 25.3 Å². The molecule has 1 heterocycles. The zero-order valence-corrected chi connectivity index (χ0v) is 14.9. The molecule has 0 bridgehead atoms. The Kier molecular flexibility index (Phi) is 8.94. The van der Waals surface area contributed by atoms with Gasteiger partial charge in [0.15, 0.2) is 0 Å². The molecule has 1 saturated heterocycles. The van der Waals surface area contributed by atoms with Crippen molar-refractivity contribution in [2.75, 3.05) is 26.2 Å². The minimum absolute atomic E-state index is 0. The predicted molar refractivity (Wildman–Crippen MR) is 97.2 cm³/mol. The highest BCUT2D eigenvalue weighted by molar-refractivity contribution is 5.90. The van der Waals surface area contributed by atoms with E-state index in [1.165, 1.54) is 0 Å². The second-order valence-electron chi connectivity index (χ2n) is 5.82. The summed E-state index contributed by atoms with van der Waals surface area (Å²) in [6.45, 7) is 1.09. The van der Waals surface area contributed by atoms with Crippen LogP contribution in [-0.4, -0.2) is 54.8 Å². The summed E-state index contributed by atoms with van der Waals surface area (Å²) in [7, 11) is 0. The maximum Gasteiger partial charge on any atom is 0.245 e. The van der Waals surface area contributed by atoms with Crippen LogP contribution in [-0.2, 0) is 20.8 Å². The fourth-order valence-electron chi connectivity index (χ4n) is 2.70. The molecule has 1 aromatic carbocycles. The molecule has 4 N–H and O–H groups in total. The van der Waals surface area contributed by atoms with Crippen LogP contribution in [0.1, 0.15) is 18.4 Å². The number of likely N-dealkylation sites (tertiary alicyclic amines) is 1. The molecule has 7 nitrogen and oxygen atoms in total. The first-order valence-electron chi connectivity index (χ1n) is 8.19. The number of rotatable bonds is 7. The molecule has 1 atom stereocenters. The van der Waals surface area contributed by atoms with Crippen molar-refractivity contribution in [3.05, 3.63) is 35.9 Å². The van der Waals surface area contributed by atoms with E-state index in [9.17, 15) is 14.4 Å².